The number of rotatable bonds is 8. The van der Waals surface area contributed by atoms with Gasteiger partial charge in [0.25, 0.3) is 0 Å². The fraction of sp³-hybridized carbons (Fsp3) is 0.609. The predicted octanol–water partition coefficient (Wildman–Crippen LogP) is 3.88. The molecule has 0 amide bonds. The molecule has 194 valence electrons. The van der Waals surface area contributed by atoms with Crippen LogP contribution in [0.25, 0.3) is 0 Å². The van der Waals surface area contributed by atoms with Crippen LogP contribution in [0.1, 0.15) is 27.5 Å². The van der Waals surface area contributed by atoms with Crippen molar-refractivity contribution in [2.45, 2.75) is 32.7 Å². The molecule has 12 heteroatoms. The number of aromatic nitrogens is 3. The third-order valence-electron chi connectivity index (χ3n) is 5.19. The van der Waals surface area contributed by atoms with E-state index in [-0.39, 0.29) is 0 Å². The molecule has 5 rings (SSSR count). The summed E-state index contributed by atoms with van der Waals surface area (Å²) in [6.45, 7) is 8.60. The number of methoxy groups -OCH3 is 3. The van der Waals surface area contributed by atoms with Crippen LogP contribution in [0.4, 0.5) is 10.3 Å². The maximum absolute atomic E-state index is 5.07. The zero-order chi connectivity index (χ0) is 24.7. The predicted molar refractivity (Wildman–Crippen MR) is 145 cm³/mol. The highest BCUT2D eigenvalue weighted by Crippen LogP contribution is 2.26. The van der Waals surface area contributed by atoms with E-state index in [9.17, 15) is 0 Å². The Kier molecular flexibility index (Phi) is 12.9. The normalized spacial score (nSPS) is 15.4. The Balaban J connectivity index is 0.000000152. The van der Waals surface area contributed by atoms with Crippen LogP contribution >= 0.6 is 34.0 Å². The second kappa shape index (κ2) is 16.1. The zero-order valence-electron chi connectivity index (χ0n) is 20.8. The SMILES string of the molecule is COCc1cnc(N2CCCC2)s1.COCc1cnc(N2CCNCC2)s1.COCc1cncs1. The molecule has 0 aromatic carbocycles. The lowest BCUT2D eigenvalue weighted by atomic mass is 10.4. The molecule has 0 aliphatic carbocycles. The number of nitrogens with zero attached hydrogens (tertiary/aromatic N) is 5. The topological polar surface area (TPSA) is 84.9 Å². The maximum atomic E-state index is 5.07. The molecule has 0 saturated carbocycles. The third kappa shape index (κ3) is 9.71. The molecule has 2 aliphatic rings. The quantitative estimate of drug-likeness (QED) is 0.458. The van der Waals surface area contributed by atoms with Crippen LogP contribution in [-0.2, 0) is 34.0 Å². The summed E-state index contributed by atoms with van der Waals surface area (Å²) < 4.78 is 15.0. The molecule has 1 N–H and O–H groups in total. The van der Waals surface area contributed by atoms with Gasteiger partial charge in [-0.1, -0.05) is 22.7 Å². The number of ether oxygens (including phenoxy) is 3. The first kappa shape index (κ1) is 27.9. The Labute approximate surface area is 220 Å². The largest absolute Gasteiger partial charge is 0.379 e. The van der Waals surface area contributed by atoms with Crippen LogP contribution in [0.3, 0.4) is 0 Å². The summed E-state index contributed by atoms with van der Waals surface area (Å²) in [4.78, 5) is 20.9. The van der Waals surface area contributed by atoms with Gasteiger partial charge < -0.3 is 29.3 Å². The smallest absolute Gasteiger partial charge is 0.185 e. The van der Waals surface area contributed by atoms with E-state index in [1.165, 1.54) is 40.6 Å². The van der Waals surface area contributed by atoms with Crippen molar-refractivity contribution in [1.82, 2.24) is 20.3 Å². The van der Waals surface area contributed by atoms with Crippen LogP contribution in [0.5, 0.6) is 0 Å². The van der Waals surface area contributed by atoms with E-state index in [1.54, 1.807) is 60.9 Å². The van der Waals surface area contributed by atoms with Crippen molar-refractivity contribution in [3.8, 4) is 0 Å². The molecular weight excluding hydrogens is 504 g/mol. The number of thiazole rings is 3. The van der Waals surface area contributed by atoms with Crippen molar-refractivity contribution in [3.05, 3.63) is 38.7 Å². The number of hydrogen-bond donors (Lipinski definition) is 1. The average Bonchev–Trinajstić information content (AvgIpc) is 3.69. The van der Waals surface area contributed by atoms with E-state index >= 15 is 0 Å². The number of anilines is 2. The maximum Gasteiger partial charge on any atom is 0.185 e. The molecule has 2 aliphatic heterocycles. The van der Waals surface area contributed by atoms with E-state index in [4.69, 9.17) is 14.2 Å². The Morgan fingerprint density at radius 1 is 0.743 bits per heavy atom. The van der Waals surface area contributed by atoms with Crippen molar-refractivity contribution < 1.29 is 14.2 Å². The Morgan fingerprint density at radius 2 is 1.26 bits per heavy atom. The van der Waals surface area contributed by atoms with Gasteiger partial charge in [0.1, 0.15) is 0 Å². The zero-order valence-corrected chi connectivity index (χ0v) is 23.2. The molecule has 0 spiro atoms. The lowest BCUT2D eigenvalue weighted by Gasteiger charge is -2.26. The minimum atomic E-state index is 0.670. The molecule has 0 unspecified atom stereocenters. The minimum Gasteiger partial charge on any atom is -0.379 e. The number of hydrogen-bond acceptors (Lipinski definition) is 12. The van der Waals surface area contributed by atoms with Crippen molar-refractivity contribution in [1.29, 1.82) is 0 Å². The van der Waals surface area contributed by atoms with Gasteiger partial charge in [-0.05, 0) is 12.8 Å². The first-order chi connectivity index (χ1) is 17.2. The summed E-state index contributed by atoms with van der Waals surface area (Å²) in [5, 5.41) is 5.61. The van der Waals surface area contributed by atoms with Gasteiger partial charge in [0, 0.05) is 79.2 Å². The standard InChI is InChI=1S/C9H15N3OS.C9H14N2OS.C5H7NOS/c1-13-7-8-6-11-9(14-8)12-4-2-10-3-5-12;1-12-7-8-6-10-9(13-8)11-4-2-3-5-11;1-7-3-5-2-6-4-8-5/h6,10H,2-5,7H2,1H3;6H,2-5,7H2,1H3;2,4H,3H2,1H3. The molecule has 2 fully saturated rings. The average molecular weight is 541 g/mol. The fourth-order valence-electron chi connectivity index (χ4n) is 3.52. The highest BCUT2D eigenvalue weighted by Gasteiger charge is 2.15. The van der Waals surface area contributed by atoms with Gasteiger partial charge in [0.15, 0.2) is 10.3 Å². The van der Waals surface area contributed by atoms with E-state index in [1.807, 2.05) is 18.6 Å². The number of nitrogens with one attached hydrogen (secondary N) is 1. The molecule has 0 radical (unpaired) electrons. The fourth-order valence-corrected chi connectivity index (χ4v) is 5.96. The summed E-state index contributed by atoms with van der Waals surface area (Å²) in [7, 11) is 5.11. The van der Waals surface area contributed by atoms with Crippen LogP contribution in [-0.4, -0.2) is 75.5 Å². The summed E-state index contributed by atoms with van der Waals surface area (Å²) in [5.41, 5.74) is 1.80. The Hall–Kier alpha value is -1.67. The molecule has 2 saturated heterocycles. The Morgan fingerprint density at radius 3 is 1.74 bits per heavy atom. The van der Waals surface area contributed by atoms with Crippen LogP contribution in [0.2, 0.25) is 0 Å². The first-order valence-corrected chi connectivity index (χ1v) is 14.2. The monoisotopic (exact) mass is 540 g/mol. The molecule has 35 heavy (non-hydrogen) atoms. The molecule has 0 atom stereocenters. The second-order valence-corrected chi connectivity index (χ2v) is 11.1. The van der Waals surface area contributed by atoms with Crippen molar-refractivity contribution in [2.24, 2.45) is 0 Å². The second-order valence-electron chi connectivity index (χ2n) is 7.92. The van der Waals surface area contributed by atoms with Gasteiger partial charge in [-0.2, -0.15) is 0 Å². The van der Waals surface area contributed by atoms with E-state index in [0.717, 1.165) is 36.4 Å². The van der Waals surface area contributed by atoms with Crippen LogP contribution < -0.4 is 15.1 Å². The molecule has 3 aromatic heterocycles. The lowest BCUT2D eigenvalue weighted by molar-refractivity contribution is 0.187. The highest BCUT2D eigenvalue weighted by molar-refractivity contribution is 7.15. The third-order valence-corrected chi connectivity index (χ3v) is 8.01. The summed E-state index contributed by atoms with van der Waals surface area (Å²) in [6.07, 6.45) is 8.25. The van der Waals surface area contributed by atoms with E-state index in [0.29, 0.717) is 19.8 Å². The molecular formula is C23H36N6O3S3. The van der Waals surface area contributed by atoms with Gasteiger partial charge in [-0.3, -0.25) is 4.98 Å². The van der Waals surface area contributed by atoms with E-state index < -0.39 is 0 Å². The number of piperazine rings is 1. The molecule has 5 heterocycles. The van der Waals surface area contributed by atoms with Gasteiger partial charge in [-0.15, -0.1) is 11.3 Å². The lowest BCUT2D eigenvalue weighted by Crippen LogP contribution is -2.43. The Bertz CT molecular complexity index is 925. The van der Waals surface area contributed by atoms with Gasteiger partial charge in [-0.25, -0.2) is 9.97 Å². The van der Waals surface area contributed by atoms with E-state index in [2.05, 4.69) is 30.1 Å². The molecule has 9 nitrogen and oxygen atoms in total. The molecule has 0 bridgehead atoms. The summed E-state index contributed by atoms with van der Waals surface area (Å²) in [6, 6.07) is 0. The highest BCUT2D eigenvalue weighted by atomic mass is 32.1. The molecule has 3 aromatic rings. The van der Waals surface area contributed by atoms with Crippen molar-refractivity contribution >= 4 is 44.3 Å². The summed E-state index contributed by atoms with van der Waals surface area (Å²) in [5.74, 6) is 0. The van der Waals surface area contributed by atoms with Gasteiger partial charge >= 0.3 is 0 Å². The minimum absolute atomic E-state index is 0.670. The van der Waals surface area contributed by atoms with Crippen molar-refractivity contribution in [2.75, 3.05) is 70.4 Å². The first-order valence-electron chi connectivity index (χ1n) is 11.7. The summed E-state index contributed by atoms with van der Waals surface area (Å²) >= 11 is 5.08. The van der Waals surface area contributed by atoms with Crippen LogP contribution in [0, 0.1) is 0 Å². The van der Waals surface area contributed by atoms with Gasteiger partial charge in [0.2, 0.25) is 0 Å². The van der Waals surface area contributed by atoms with Crippen molar-refractivity contribution in [3.63, 3.8) is 0 Å². The van der Waals surface area contributed by atoms with Gasteiger partial charge in [0.05, 0.1) is 40.0 Å². The van der Waals surface area contributed by atoms with Crippen LogP contribution in [0.15, 0.2) is 24.1 Å².